The number of piperidine rings is 2. The third-order valence-corrected chi connectivity index (χ3v) is 9.96. The lowest BCUT2D eigenvalue weighted by Gasteiger charge is -2.44. The van der Waals surface area contributed by atoms with Crippen LogP contribution in [0.3, 0.4) is 0 Å². The quantitative estimate of drug-likeness (QED) is 0.721. The predicted octanol–water partition coefficient (Wildman–Crippen LogP) is 1.96. The molecule has 9 heteroatoms. The van der Waals surface area contributed by atoms with Crippen molar-refractivity contribution in [3.63, 3.8) is 0 Å². The van der Waals surface area contributed by atoms with Crippen LogP contribution in [-0.4, -0.2) is 54.3 Å². The molecule has 0 unspecified atom stereocenters. The van der Waals surface area contributed by atoms with E-state index in [9.17, 15) is 18.0 Å². The molecule has 7 nitrogen and oxygen atoms in total. The second-order valence-electron chi connectivity index (χ2n) is 8.55. The van der Waals surface area contributed by atoms with E-state index in [1.54, 1.807) is 29.6 Å². The van der Waals surface area contributed by atoms with Gasteiger partial charge in [-0.05, 0) is 42.7 Å². The average molecular weight is 448 g/mol. The molecule has 2 atom stereocenters. The van der Waals surface area contributed by atoms with Gasteiger partial charge in [0.25, 0.3) is 15.6 Å². The minimum atomic E-state index is -3.45. The molecule has 0 radical (unpaired) electrons. The number of nitrogens with zero attached hydrogens (tertiary/aromatic N) is 3. The van der Waals surface area contributed by atoms with Crippen LogP contribution in [0.1, 0.15) is 30.9 Å². The predicted molar refractivity (Wildman–Crippen MR) is 114 cm³/mol. The van der Waals surface area contributed by atoms with Gasteiger partial charge in [0.2, 0.25) is 5.91 Å². The zero-order valence-electron chi connectivity index (χ0n) is 16.6. The monoisotopic (exact) mass is 447 g/mol. The van der Waals surface area contributed by atoms with Crippen LogP contribution < -0.4 is 5.56 Å². The molecular formula is C21H25N3O4S2. The number of carbonyl (C=O) groups excluding carboxylic acids is 1. The molecule has 0 saturated carbocycles. The maximum Gasteiger partial charge on any atom is 0.252 e. The third-order valence-electron chi connectivity index (χ3n) is 6.68. The van der Waals surface area contributed by atoms with Gasteiger partial charge in [-0.1, -0.05) is 12.1 Å². The lowest BCUT2D eigenvalue weighted by molar-refractivity contribution is -0.139. The Kier molecular flexibility index (Phi) is 5.07. The van der Waals surface area contributed by atoms with Crippen molar-refractivity contribution in [2.24, 2.45) is 11.8 Å². The molecule has 3 aliphatic heterocycles. The number of carbonyl (C=O) groups is 1. The molecule has 2 fully saturated rings. The Morgan fingerprint density at radius 3 is 2.57 bits per heavy atom. The van der Waals surface area contributed by atoms with Crippen molar-refractivity contribution >= 4 is 27.3 Å². The summed E-state index contributed by atoms with van der Waals surface area (Å²) in [5, 5.41) is 1.77. The smallest absolute Gasteiger partial charge is 0.252 e. The van der Waals surface area contributed by atoms with Gasteiger partial charge in [-0.25, -0.2) is 8.42 Å². The molecule has 2 saturated heterocycles. The topological polar surface area (TPSA) is 79.7 Å². The molecule has 5 rings (SSSR count). The summed E-state index contributed by atoms with van der Waals surface area (Å²) >= 11 is 1.23. The van der Waals surface area contributed by atoms with Crippen LogP contribution in [0.15, 0.2) is 44.7 Å². The van der Waals surface area contributed by atoms with Crippen molar-refractivity contribution in [1.82, 2.24) is 13.8 Å². The molecule has 2 aromatic rings. The summed E-state index contributed by atoms with van der Waals surface area (Å²) in [6.07, 6.45) is 2.14. The van der Waals surface area contributed by atoms with Gasteiger partial charge < -0.3 is 9.47 Å². The Bertz CT molecular complexity index is 1100. The van der Waals surface area contributed by atoms with E-state index in [0.717, 1.165) is 12.1 Å². The maximum atomic E-state index is 13.2. The number of aromatic nitrogens is 1. The maximum absolute atomic E-state index is 13.2. The first-order valence-electron chi connectivity index (χ1n) is 10.5. The highest BCUT2D eigenvalue weighted by Crippen LogP contribution is 2.36. The van der Waals surface area contributed by atoms with Crippen molar-refractivity contribution < 1.29 is 13.2 Å². The van der Waals surface area contributed by atoms with Crippen molar-refractivity contribution in [2.45, 2.75) is 35.9 Å². The molecule has 160 valence electrons. The van der Waals surface area contributed by atoms with E-state index < -0.39 is 10.0 Å². The van der Waals surface area contributed by atoms with Gasteiger partial charge in [-0.3, -0.25) is 9.59 Å². The highest BCUT2D eigenvalue weighted by molar-refractivity contribution is 7.91. The van der Waals surface area contributed by atoms with E-state index >= 15 is 0 Å². The highest BCUT2D eigenvalue weighted by atomic mass is 32.2. The summed E-state index contributed by atoms with van der Waals surface area (Å²) in [6.45, 7) is 2.77. The van der Waals surface area contributed by atoms with Gasteiger partial charge in [0.1, 0.15) is 4.21 Å². The van der Waals surface area contributed by atoms with Gasteiger partial charge in [-0.15, -0.1) is 11.3 Å². The Balaban J connectivity index is 1.26. The number of likely N-dealkylation sites (tertiary alicyclic amines) is 1. The SMILES string of the molecule is O=C(C1CCN(S(=O)(=O)c2cccs2)CC1)N1C[C@H]2C[C@H](C1)c1cccc(=O)n1C2. The summed E-state index contributed by atoms with van der Waals surface area (Å²) < 4.78 is 29.2. The molecule has 1 amide bonds. The molecule has 0 aromatic carbocycles. The van der Waals surface area contributed by atoms with E-state index in [-0.39, 0.29) is 23.3 Å². The first kappa shape index (κ1) is 20.0. The first-order valence-corrected chi connectivity index (χ1v) is 12.8. The van der Waals surface area contributed by atoms with Gasteiger partial charge in [0, 0.05) is 56.3 Å². The van der Waals surface area contributed by atoms with Crippen molar-refractivity contribution in [3.05, 3.63) is 51.8 Å². The standard InChI is InChI=1S/C21H25N3O4S2/c25-19-4-1-3-18-17-11-15(13-24(18)19)12-22(14-17)21(26)16-6-8-23(9-7-16)30(27,28)20-5-2-10-29-20/h1-5,10,15-17H,6-9,11-14H2/t15-,17-/m1/s1. The zero-order chi connectivity index (χ0) is 20.9. The van der Waals surface area contributed by atoms with Gasteiger partial charge >= 0.3 is 0 Å². The van der Waals surface area contributed by atoms with E-state index in [4.69, 9.17) is 0 Å². The lowest BCUT2D eigenvalue weighted by atomic mass is 9.82. The minimum Gasteiger partial charge on any atom is -0.341 e. The van der Waals surface area contributed by atoms with Crippen molar-refractivity contribution in [2.75, 3.05) is 26.2 Å². The Hall–Kier alpha value is -1.97. The number of fused-ring (bicyclic) bond motifs is 4. The molecule has 2 bridgehead atoms. The average Bonchev–Trinajstić information content (AvgIpc) is 3.30. The highest BCUT2D eigenvalue weighted by Gasteiger charge is 2.39. The van der Waals surface area contributed by atoms with Crippen LogP contribution in [0.5, 0.6) is 0 Å². The Morgan fingerprint density at radius 1 is 1.03 bits per heavy atom. The summed E-state index contributed by atoms with van der Waals surface area (Å²) in [4.78, 5) is 27.4. The Morgan fingerprint density at radius 2 is 1.83 bits per heavy atom. The van der Waals surface area contributed by atoms with Crippen LogP contribution in [0.4, 0.5) is 0 Å². The summed E-state index contributed by atoms with van der Waals surface area (Å²) in [5.74, 6) is 0.524. The van der Waals surface area contributed by atoms with Gasteiger partial charge in [0.15, 0.2) is 0 Å². The number of amides is 1. The molecule has 30 heavy (non-hydrogen) atoms. The number of pyridine rings is 1. The minimum absolute atomic E-state index is 0.0429. The van der Waals surface area contributed by atoms with Crippen LogP contribution in [0.2, 0.25) is 0 Å². The normalized spacial score (nSPS) is 25.1. The Labute approximate surface area is 180 Å². The lowest BCUT2D eigenvalue weighted by Crippen LogP contribution is -2.52. The molecule has 2 aromatic heterocycles. The van der Waals surface area contributed by atoms with E-state index in [1.807, 2.05) is 15.5 Å². The largest absolute Gasteiger partial charge is 0.341 e. The third kappa shape index (κ3) is 3.42. The first-order chi connectivity index (χ1) is 14.4. The summed E-state index contributed by atoms with van der Waals surface area (Å²) in [5.41, 5.74) is 1.08. The number of rotatable bonds is 3. The number of hydrogen-bond donors (Lipinski definition) is 0. The van der Waals surface area contributed by atoms with Crippen molar-refractivity contribution in [1.29, 1.82) is 0 Å². The summed E-state index contributed by atoms with van der Waals surface area (Å²) in [6, 6.07) is 8.79. The van der Waals surface area contributed by atoms with E-state index in [2.05, 4.69) is 0 Å². The molecule has 0 aliphatic carbocycles. The van der Waals surface area contributed by atoms with Crippen LogP contribution >= 0.6 is 11.3 Å². The second kappa shape index (κ2) is 7.62. The fourth-order valence-electron chi connectivity index (χ4n) is 5.22. The number of sulfonamides is 1. The van der Waals surface area contributed by atoms with E-state index in [1.165, 1.54) is 15.6 Å². The summed E-state index contributed by atoms with van der Waals surface area (Å²) in [7, 11) is -3.45. The van der Waals surface area contributed by atoms with Crippen molar-refractivity contribution in [3.8, 4) is 0 Å². The number of thiophene rings is 1. The zero-order valence-corrected chi connectivity index (χ0v) is 18.3. The molecule has 3 aliphatic rings. The van der Waals surface area contributed by atoms with Crippen LogP contribution in [-0.2, 0) is 21.4 Å². The fourth-order valence-corrected chi connectivity index (χ4v) is 7.83. The van der Waals surface area contributed by atoms with Crippen LogP contribution in [0, 0.1) is 11.8 Å². The van der Waals surface area contributed by atoms with Gasteiger partial charge in [0.05, 0.1) is 0 Å². The molecular weight excluding hydrogens is 422 g/mol. The molecule has 0 spiro atoms. The molecule has 0 N–H and O–H groups in total. The number of hydrogen-bond acceptors (Lipinski definition) is 5. The van der Waals surface area contributed by atoms with Crippen LogP contribution in [0.25, 0.3) is 0 Å². The fraction of sp³-hybridized carbons (Fsp3) is 0.524. The molecule has 5 heterocycles. The van der Waals surface area contributed by atoms with Gasteiger partial charge in [-0.2, -0.15) is 4.31 Å². The second-order valence-corrected chi connectivity index (χ2v) is 11.7. The van der Waals surface area contributed by atoms with E-state index in [0.29, 0.717) is 55.7 Å².